The SMILES string of the molecule is Cc1ccc(NC(=O)c2cccc(F)c2N)cc1Cl. The predicted molar refractivity (Wildman–Crippen MR) is 75.0 cm³/mol. The average molecular weight is 279 g/mol. The molecule has 19 heavy (non-hydrogen) atoms. The van der Waals surface area contributed by atoms with Crippen molar-refractivity contribution in [1.82, 2.24) is 0 Å². The van der Waals surface area contributed by atoms with Crippen molar-refractivity contribution in [3.63, 3.8) is 0 Å². The van der Waals surface area contributed by atoms with Gasteiger partial charge in [-0.15, -0.1) is 0 Å². The number of amides is 1. The summed E-state index contributed by atoms with van der Waals surface area (Å²) in [6, 6.07) is 9.23. The van der Waals surface area contributed by atoms with Gasteiger partial charge in [0, 0.05) is 10.7 Å². The number of carbonyl (C=O) groups is 1. The zero-order valence-corrected chi connectivity index (χ0v) is 11.0. The van der Waals surface area contributed by atoms with Crippen LogP contribution in [0.3, 0.4) is 0 Å². The smallest absolute Gasteiger partial charge is 0.257 e. The fourth-order valence-electron chi connectivity index (χ4n) is 1.60. The van der Waals surface area contributed by atoms with Crippen LogP contribution in [0.4, 0.5) is 15.8 Å². The number of nitrogens with two attached hydrogens (primary N) is 1. The van der Waals surface area contributed by atoms with Crippen LogP contribution >= 0.6 is 11.6 Å². The molecule has 0 aliphatic heterocycles. The molecule has 0 unspecified atom stereocenters. The first-order valence-electron chi connectivity index (χ1n) is 5.60. The van der Waals surface area contributed by atoms with E-state index in [1.54, 1.807) is 18.2 Å². The topological polar surface area (TPSA) is 55.1 Å². The van der Waals surface area contributed by atoms with Crippen molar-refractivity contribution >= 4 is 28.9 Å². The van der Waals surface area contributed by atoms with Crippen molar-refractivity contribution in [2.24, 2.45) is 0 Å². The Balaban J connectivity index is 2.26. The van der Waals surface area contributed by atoms with Gasteiger partial charge < -0.3 is 11.1 Å². The molecule has 0 saturated carbocycles. The number of carbonyl (C=O) groups excluding carboxylic acids is 1. The van der Waals surface area contributed by atoms with Crippen LogP contribution in [0.5, 0.6) is 0 Å². The van der Waals surface area contributed by atoms with Gasteiger partial charge >= 0.3 is 0 Å². The third kappa shape index (κ3) is 2.85. The second-order valence-corrected chi connectivity index (χ2v) is 4.53. The Morgan fingerprint density at radius 3 is 2.74 bits per heavy atom. The van der Waals surface area contributed by atoms with Crippen LogP contribution in [-0.4, -0.2) is 5.91 Å². The van der Waals surface area contributed by atoms with Gasteiger partial charge in [0.2, 0.25) is 0 Å². The van der Waals surface area contributed by atoms with E-state index < -0.39 is 11.7 Å². The summed E-state index contributed by atoms with van der Waals surface area (Å²) >= 11 is 5.96. The summed E-state index contributed by atoms with van der Waals surface area (Å²) in [5.74, 6) is -1.09. The van der Waals surface area contributed by atoms with Crippen LogP contribution in [0.25, 0.3) is 0 Å². The number of hydrogen-bond acceptors (Lipinski definition) is 2. The highest BCUT2D eigenvalue weighted by molar-refractivity contribution is 6.31. The van der Waals surface area contributed by atoms with Gasteiger partial charge in [0.25, 0.3) is 5.91 Å². The lowest BCUT2D eigenvalue weighted by Gasteiger charge is -2.09. The summed E-state index contributed by atoms with van der Waals surface area (Å²) in [6.07, 6.45) is 0. The van der Waals surface area contributed by atoms with Gasteiger partial charge in [-0.3, -0.25) is 4.79 Å². The standard InChI is InChI=1S/C14H12ClFN2O/c1-8-5-6-9(7-11(8)15)18-14(19)10-3-2-4-12(16)13(10)17/h2-7H,17H2,1H3,(H,18,19). The molecule has 0 atom stereocenters. The molecular formula is C14H12ClFN2O. The zero-order chi connectivity index (χ0) is 14.0. The summed E-state index contributed by atoms with van der Waals surface area (Å²) in [7, 11) is 0. The Bertz CT molecular complexity index is 643. The van der Waals surface area contributed by atoms with Gasteiger partial charge in [-0.2, -0.15) is 0 Å². The number of benzene rings is 2. The van der Waals surface area contributed by atoms with Crippen LogP contribution in [0, 0.1) is 12.7 Å². The van der Waals surface area contributed by atoms with E-state index in [0.717, 1.165) is 5.56 Å². The lowest BCUT2D eigenvalue weighted by atomic mass is 10.1. The molecule has 0 fully saturated rings. The number of aryl methyl sites for hydroxylation is 1. The van der Waals surface area contributed by atoms with E-state index in [-0.39, 0.29) is 11.3 Å². The van der Waals surface area contributed by atoms with Gasteiger partial charge in [-0.25, -0.2) is 4.39 Å². The number of hydrogen-bond donors (Lipinski definition) is 2. The van der Waals surface area contributed by atoms with Crippen molar-refractivity contribution in [3.05, 3.63) is 58.4 Å². The predicted octanol–water partition coefficient (Wildman–Crippen LogP) is 3.62. The number of halogens is 2. The molecule has 5 heteroatoms. The molecule has 2 rings (SSSR count). The number of rotatable bonds is 2. The lowest BCUT2D eigenvalue weighted by Crippen LogP contribution is -2.14. The molecule has 0 radical (unpaired) electrons. The minimum atomic E-state index is -0.616. The van der Waals surface area contributed by atoms with Crippen molar-refractivity contribution in [3.8, 4) is 0 Å². The molecule has 3 N–H and O–H groups in total. The van der Waals surface area contributed by atoms with E-state index in [1.165, 1.54) is 18.2 Å². The quantitative estimate of drug-likeness (QED) is 0.824. The van der Waals surface area contributed by atoms with Crippen LogP contribution in [0.1, 0.15) is 15.9 Å². The highest BCUT2D eigenvalue weighted by Gasteiger charge is 2.13. The normalized spacial score (nSPS) is 10.3. The van der Waals surface area contributed by atoms with Crippen molar-refractivity contribution in [2.75, 3.05) is 11.1 Å². The first-order valence-corrected chi connectivity index (χ1v) is 5.98. The summed E-state index contributed by atoms with van der Waals surface area (Å²) in [5, 5.41) is 3.17. The molecule has 0 aliphatic carbocycles. The third-order valence-electron chi connectivity index (χ3n) is 2.73. The Morgan fingerprint density at radius 2 is 2.05 bits per heavy atom. The monoisotopic (exact) mass is 278 g/mol. The molecular weight excluding hydrogens is 267 g/mol. The Morgan fingerprint density at radius 1 is 1.32 bits per heavy atom. The molecule has 3 nitrogen and oxygen atoms in total. The number of anilines is 2. The largest absolute Gasteiger partial charge is 0.396 e. The Labute approximate surface area is 115 Å². The molecule has 98 valence electrons. The minimum absolute atomic E-state index is 0.0942. The summed E-state index contributed by atoms with van der Waals surface area (Å²) < 4.78 is 13.3. The summed E-state index contributed by atoms with van der Waals surface area (Å²) in [5.41, 5.74) is 6.89. The number of para-hydroxylation sites is 1. The maximum Gasteiger partial charge on any atom is 0.257 e. The molecule has 0 aliphatic rings. The zero-order valence-electron chi connectivity index (χ0n) is 10.2. The first kappa shape index (κ1) is 13.4. The molecule has 2 aromatic rings. The third-order valence-corrected chi connectivity index (χ3v) is 3.13. The fraction of sp³-hybridized carbons (Fsp3) is 0.0714. The van der Waals surface area contributed by atoms with Crippen LogP contribution in [0.15, 0.2) is 36.4 Å². The maximum absolute atomic E-state index is 13.3. The van der Waals surface area contributed by atoms with E-state index in [4.69, 9.17) is 17.3 Å². The molecule has 0 heterocycles. The number of nitrogen functional groups attached to an aromatic ring is 1. The van der Waals surface area contributed by atoms with Gasteiger partial charge in [0.1, 0.15) is 5.82 Å². The van der Waals surface area contributed by atoms with Crippen molar-refractivity contribution in [2.45, 2.75) is 6.92 Å². The number of nitrogens with one attached hydrogen (secondary N) is 1. The Kier molecular flexibility index (Phi) is 3.71. The fourth-order valence-corrected chi connectivity index (χ4v) is 1.78. The minimum Gasteiger partial charge on any atom is -0.396 e. The van der Waals surface area contributed by atoms with E-state index in [2.05, 4.69) is 5.32 Å². The highest BCUT2D eigenvalue weighted by Crippen LogP contribution is 2.22. The van der Waals surface area contributed by atoms with Crippen molar-refractivity contribution in [1.29, 1.82) is 0 Å². The average Bonchev–Trinajstić information content (AvgIpc) is 2.37. The molecule has 1 amide bonds. The maximum atomic E-state index is 13.3. The van der Waals surface area contributed by atoms with E-state index in [1.807, 2.05) is 6.92 Å². The van der Waals surface area contributed by atoms with Gasteiger partial charge in [-0.1, -0.05) is 23.7 Å². The van der Waals surface area contributed by atoms with Crippen LogP contribution in [-0.2, 0) is 0 Å². The molecule has 0 spiro atoms. The summed E-state index contributed by atoms with van der Waals surface area (Å²) in [4.78, 5) is 12.0. The van der Waals surface area contributed by atoms with Crippen LogP contribution in [0.2, 0.25) is 5.02 Å². The van der Waals surface area contributed by atoms with Crippen molar-refractivity contribution < 1.29 is 9.18 Å². The molecule has 0 bridgehead atoms. The van der Waals surface area contributed by atoms with Crippen LogP contribution < -0.4 is 11.1 Å². The van der Waals surface area contributed by atoms with Gasteiger partial charge in [0.05, 0.1) is 11.3 Å². The second kappa shape index (κ2) is 5.28. The molecule has 0 saturated heterocycles. The first-order chi connectivity index (χ1) is 8.99. The van der Waals surface area contributed by atoms with E-state index >= 15 is 0 Å². The Hall–Kier alpha value is -2.07. The highest BCUT2D eigenvalue weighted by atomic mass is 35.5. The van der Waals surface area contributed by atoms with Gasteiger partial charge in [-0.05, 0) is 36.8 Å². The van der Waals surface area contributed by atoms with E-state index in [9.17, 15) is 9.18 Å². The van der Waals surface area contributed by atoms with Gasteiger partial charge in [0.15, 0.2) is 0 Å². The molecule has 0 aromatic heterocycles. The lowest BCUT2D eigenvalue weighted by molar-refractivity contribution is 0.102. The summed E-state index contributed by atoms with van der Waals surface area (Å²) in [6.45, 7) is 1.86. The second-order valence-electron chi connectivity index (χ2n) is 4.12. The molecule has 2 aromatic carbocycles. The van der Waals surface area contributed by atoms with E-state index in [0.29, 0.717) is 10.7 Å².